The molecule has 1 fully saturated rings. The first-order chi connectivity index (χ1) is 6.88. The van der Waals surface area contributed by atoms with E-state index in [0.717, 1.165) is 12.7 Å². The summed E-state index contributed by atoms with van der Waals surface area (Å²) in [5.41, 5.74) is 0. The number of carbonyl (C=O) groups excluding carboxylic acids is 1. The maximum absolute atomic E-state index is 10.3. The van der Waals surface area contributed by atoms with Crippen molar-refractivity contribution in [1.82, 2.24) is 0 Å². The zero-order chi connectivity index (χ0) is 10.2. The van der Waals surface area contributed by atoms with Crippen molar-refractivity contribution in [2.75, 3.05) is 0 Å². The summed E-state index contributed by atoms with van der Waals surface area (Å²) < 4.78 is 0. The molecule has 1 saturated carbocycles. The van der Waals surface area contributed by atoms with E-state index in [2.05, 4.69) is 31.2 Å². The Morgan fingerprint density at radius 3 is 2.71 bits per heavy atom. The van der Waals surface area contributed by atoms with Crippen molar-refractivity contribution in [3.05, 3.63) is 24.3 Å². The highest BCUT2D eigenvalue weighted by Crippen LogP contribution is 2.37. The van der Waals surface area contributed by atoms with Gasteiger partial charge in [-0.25, -0.2) is 0 Å². The predicted molar refractivity (Wildman–Crippen MR) is 60.1 cm³/mol. The van der Waals surface area contributed by atoms with Crippen LogP contribution in [-0.2, 0) is 4.79 Å². The average Bonchev–Trinajstić information content (AvgIpc) is 2.95. The number of aldehydes is 1. The van der Waals surface area contributed by atoms with Crippen LogP contribution in [0.25, 0.3) is 0 Å². The molecule has 2 atom stereocenters. The molecule has 14 heavy (non-hydrogen) atoms. The van der Waals surface area contributed by atoms with Crippen molar-refractivity contribution in [2.24, 2.45) is 11.8 Å². The molecule has 0 radical (unpaired) electrons. The summed E-state index contributed by atoms with van der Waals surface area (Å²) in [7, 11) is 0. The molecule has 1 nitrogen and oxygen atoms in total. The number of hydrogen-bond acceptors (Lipinski definition) is 1. The molecule has 1 aliphatic carbocycles. The fourth-order valence-electron chi connectivity index (χ4n) is 1.51. The van der Waals surface area contributed by atoms with Crippen LogP contribution in [0.15, 0.2) is 24.3 Å². The first kappa shape index (κ1) is 11.2. The summed E-state index contributed by atoms with van der Waals surface area (Å²) in [6.45, 7) is 2.22. The second-order valence-electron chi connectivity index (χ2n) is 4.01. The van der Waals surface area contributed by atoms with E-state index >= 15 is 0 Å². The third-order valence-corrected chi connectivity index (χ3v) is 2.65. The van der Waals surface area contributed by atoms with Gasteiger partial charge in [0.15, 0.2) is 0 Å². The van der Waals surface area contributed by atoms with Gasteiger partial charge in [0.2, 0.25) is 0 Å². The van der Waals surface area contributed by atoms with Crippen molar-refractivity contribution < 1.29 is 4.79 Å². The lowest BCUT2D eigenvalue weighted by molar-refractivity contribution is -0.109. The molecule has 78 valence electrons. The van der Waals surface area contributed by atoms with Gasteiger partial charge in [-0.05, 0) is 25.2 Å². The van der Waals surface area contributed by atoms with Crippen LogP contribution >= 0.6 is 0 Å². The maximum atomic E-state index is 10.3. The zero-order valence-electron chi connectivity index (χ0n) is 8.99. The molecule has 1 aliphatic rings. The SMILES string of the molecule is CCCCCC=CC=CC1CC1C=O. The van der Waals surface area contributed by atoms with Gasteiger partial charge in [0, 0.05) is 5.92 Å². The molecule has 0 spiro atoms. The lowest BCUT2D eigenvalue weighted by Gasteiger charge is -1.89. The second-order valence-corrected chi connectivity index (χ2v) is 4.01. The van der Waals surface area contributed by atoms with Gasteiger partial charge in [0.25, 0.3) is 0 Å². The van der Waals surface area contributed by atoms with Crippen LogP contribution in [0.5, 0.6) is 0 Å². The van der Waals surface area contributed by atoms with Crippen molar-refractivity contribution in [3.63, 3.8) is 0 Å². The Hall–Kier alpha value is -0.850. The van der Waals surface area contributed by atoms with Crippen LogP contribution in [0, 0.1) is 11.8 Å². The van der Waals surface area contributed by atoms with Gasteiger partial charge in [0.1, 0.15) is 6.29 Å². The van der Waals surface area contributed by atoms with Crippen LogP contribution in [0.1, 0.15) is 39.0 Å². The lowest BCUT2D eigenvalue weighted by Crippen LogP contribution is -1.77. The van der Waals surface area contributed by atoms with E-state index in [-0.39, 0.29) is 0 Å². The molecule has 2 unspecified atom stereocenters. The highest BCUT2D eigenvalue weighted by Gasteiger charge is 2.33. The highest BCUT2D eigenvalue weighted by molar-refractivity contribution is 5.59. The van der Waals surface area contributed by atoms with Crippen LogP contribution in [-0.4, -0.2) is 6.29 Å². The Balaban J connectivity index is 1.99. The van der Waals surface area contributed by atoms with E-state index in [0.29, 0.717) is 11.8 Å². The van der Waals surface area contributed by atoms with Gasteiger partial charge in [-0.1, -0.05) is 44.1 Å². The molecule has 0 aromatic heterocycles. The molecule has 0 bridgehead atoms. The topological polar surface area (TPSA) is 17.1 Å². The van der Waals surface area contributed by atoms with Gasteiger partial charge in [0.05, 0.1) is 0 Å². The Bertz CT molecular complexity index is 215. The van der Waals surface area contributed by atoms with Crippen LogP contribution in [0.4, 0.5) is 0 Å². The summed E-state index contributed by atoms with van der Waals surface area (Å²) in [5, 5.41) is 0. The predicted octanol–water partition coefficient (Wildman–Crippen LogP) is 3.51. The number of allylic oxidation sites excluding steroid dienone is 4. The fourth-order valence-corrected chi connectivity index (χ4v) is 1.51. The second kappa shape index (κ2) is 6.58. The first-order valence-corrected chi connectivity index (χ1v) is 5.67. The monoisotopic (exact) mass is 192 g/mol. The van der Waals surface area contributed by atoms with E-state index in [1.807, 2.05) is 0 Å². The summed E-state index contributed by atoms with van der Waals surface area (Å²) in [6.07, 6.45) is 15.8. The minimum atomic E-state index is 0.319. The Morgan fingerprint density at radius 2 is 2.07 bits per heavy atom. The quantitative estimate of drug-likeness (QED) is 0.343. The van der Waals surface area contributed by atoms with E-state index in [9.17, 15) is 4.79 Å². The lowest BCUT2D eigenvalue weighted by atomic mass is 10.2. The number of unbranched alkanes of at least 4 members (excludes halogenated alkanes) is 3. The van der Waals surface area contributed by atoms with Gasteiger partial charge in [-0.2, -0.15) is 0 Å². The van der Waals surface area contributed by atoms with E-state index in [1.165, 1.54) is 25.7 Å². The molecule has 0 aromatic carbocycles. The maximum Gasteiger partial charge on any atom is 0.123 e. The summed E-state index contributed by atoms with van der Waals surface area (Å²) in [5.74, 6) is 0.854. The number of carbonyl (C=O) groups is 1. The molecule has 0 saturated heterocycles. The Kier molecular flexibility index (Phi) is 5.28. The molecular formula is C13H20O. The zero-order valence-corrected chi connectivity index (χ0v) is 8.99. The van der Waals surface area contributed by atoms with E-state index in [1.54, 1.807) is 0 Å². The largest absolute Gasteiger partial charge is 0.303 e. The standard InChI is InChI=1S/C13H20O/c1-2-3-4-5-6-7-8-9-12-10-13(12)11-14/h6-9,11-13H,2-5,10H2,1H3. The van der Waals surface area contributed by atoms with Gasteiger partial charge in [-0.15, -0.1) is 0 Å². The summed E-state index contributed by atoms with van der Waals surface area (Å²) >= 11 is 0. The molecule has 0 N–H and O–H groups in total. The Morgan fingerprint density at radius 1 is 1.21 bits per heavy atom. The highest BCUT2D eigenvalue weighted by atomic mass is 16.1. The smallest absolute Gasteiger partial charge is 0.123 e. The first-order valence-electron chi connectivity index (χ1n) is 5.67. The van der Waals surface area contributed by atoms with Crippen LogP contribution < -0.4 is 0 Å². The molecule has 1 rings (SSSR count). The molecule has 1 heteroatoms. The van der Waals surface area contributed by atoms with Crippen molar-refractivity contribution in [1.29, 1.82) is 0 Å². The number of rotatable bonds is 7. The fraction of sp³-hybridized carbons (Fsp3) is 0.615. The van der Waals surface area contributed by atoms with E-state index < -0.39 is 0 Å². The summed E-state index contributed by atoms with van der Waals surface area (Å²) in [4.78, 5) is 10.3. The van der Waals surface area contributed by atoms with Gasteiger partial charge >= 0.3 is 0 Å². The van der Waals surface area contributed by atoms with Crippen LogP contribution in [0.2, 0.25) is 0 Å². The third-order valence-electron chi connectivity index (χ3n) is 2.65. The average molecular weight is 192 g/mol. The number of hydrogen-bond donors (Lipinski definition) is 0. The molecule has 0 heterocycles. The minimum absolute atomic E-state index is 0.319. The third kappa shape index (κ3) is 4.40. The van der Waals surface area contributed by atoms with Crippen LogP contribution in [0.3, 0.4) is 0 Å². The molecule has 0 aromatic rings. The van der Waals surface area contributed by atoms with Crippen molar-refractivity contribution in [2.45, 2.75) is 39.0 Å². The summed E-state index contributed by atoms with van der Waals surface area (Å²) in [6, 6.07) is 0. The van der Waals surface area contributed by atoms with Gasteiger partial charge in [-0.3, -0.25) is 0 Å². The molecular weight excluding hydrogens is 172 g/mol. The normalized spacial score (nSPS) is 26.1. The van der Waals surface area contributed by atoms with Crippen molar-refractivity contribution >= 4 is 6.29 Å². The Labute approximate surface area is 86.9 Å². The molecule has 0 amide bonds. The minimum Gasteiger partial charge on any atom is -0.303 e. The van der Waals surface area contributed by atoms with E-state index in [4.69, 9.17) is 0 Å². The van der Waals surface area contributed by atoms with Crippen molar-refractivity contribution in [3.8, 4) is 0 Å². The van der Waals surface area contributed by atoms with Gasteiger partial charge < -0.3 is 4.79 Å². The molecule has 0 aliphatic heterocycles.